The highest BCUT2D eigenvalue weighted by atomic mass is 35.5. The number of carbonyl (C=O) groups excluding carboxylic acids is 2. The molecule has 0 bridgehead atoms. The average molecular weight is 397 g/mol. The third-order valence-corrected chi connectivity index (χ3v) is 4.91. The Morgan fingerprint density at radius 1 is 1.18 bits per heavy atom. The SMILES string of the molecule is CCC(=O)Cc1ccc(Oc2ccnc3cc(C)c(C(=O)NC)cc23)cc1Cl. The van der Waals surface area contributed by atoms with E-state index in [9.17, 15) is 9.59 Å². The molecule has 0 aliphatic carbocycles. The van der Waals surface area contributed by atoms with Crippen LogP contribution < -0.4 is 10.1 Å². The lowest BCUT2D eigenvalue weighted by atomic mass is 10.0. The molecule has 0 unspecified atom stereocenters. The molecule has 1 aromatic heterocycles. The number of benzene rings is 2. The van der Waals surface area contributed by atoms with E-state index < -0.39 is 0 Å². The molecule has 0 saturated carbocycles. The van der Waals surface area contributed by atoms with Crippen LogP contribution in [0.1, 0.15) is 34.8 Å². The molecule has 144 valence electrons. The van der Waals surface area contributed by atoms with Crippen LogP contribution in [0.4, 0.5) is 0 Å². The van der Waals surface area contributed by atoms with E-state index in [2.05, 4.69) is 10.3 Å². The summed E-state index contributed by atoms with van der Waals surface area (Å²) in [7, 11) is 1.60. The van der Waals surface area contributed by atoms with E-state index in [0.717, 1.165) is 22.0 Å². The van der Waals surface area contributed by atoms with Crippen molar-refractivity contribution in [3.8, 4) is 11.5 Å². The summed E-state index contributed by atoms with van der Waals surface area (Å²) in [6, 6.07) is 10.7. The molecule has 1 amide bonds. The van der Waals surface area contributed by atoms with Gasteiger partial charge in [-0.05, 0) is 48.4 Å². The summed E-state index contributed by atoms with van der Waals surface area (Å²) in [5.74, 6) is 1.09. The Bertz CT molecular complexity index is 1060. The van der Waals surface area contributed by atoms with Gasteiger partial charge in [-0.1, -0.05) is 24.6 Å². The van der Waals surface area contributed by atoms with E-state index >= 15 is 0 Å². The maximum absolute atomic E-state index is 12.1. The van der Waals surface area contributed by atoms with Crippen LogP contribution in [0.25, 0.3) is 10.9 Å². The third-order valence-electron chi connectivity index (χ3n) is 4.55. The predicted molar refractivity (Wildman–Crippen MR) is 110 cm³/mol. The highest BCUT2D eigenvalue weighted by molar-refractivity contribution is 6.31. The molecule has 1 N–H and O–H groups in total. The average Bonchev–Trinajstić information content (AvgIpc) is 2.69. The highest BCUT2D eigenvalue weighted by Gasteiger charge is 2.13. The van der Waals surface area contributed by atoms with E-state index in [4.69, 9.17) is 16.3 Å². The number of Topliss-reactive ketones (excluding diaryl/α,β-unsaturated/α-hetero) is 1. The summed E-state index contributed by atoms with van der Waals surface area (Å²) < 4.78 is 6.03. The van der Waals surface area contributed by atoms with Crippen molar-refractivity contribution in [1.29, 1.82) is 0 Å². The zero-order valence-corrected chi connectivity index (χ0v) is 16.8. The fourth-order valence-corrected chi connectivity index (χ4v) is 3.18. The molecule has 0 aliphatic rings. The van der Waals surface area contributed by atoms with Crippen molar-refractivity contribution in [2.45, 2.75) is 26.7 Å². The van der Waals surface area contributed by atoms with Gasteiger partial charge in [0.1, 0.15) is 17.3 Å². The van der Waals surface area contributed by atoms with Crippen molar-refractivity contribution >= 4 is 34.2 Å². The number of pyridine rings is 1. The van der Waals surface area contributed by atoms with Gasteiger partial charge in [0, 0.05) is 42.1 Å². The zero-order valence-electron chi connectivity index (χ0n) is 16.0. The Morgan fingerprint density at radius 2 is 1.96 bits per heavy atom. The molecule has 3 aromatic rings. The molecule has 28 heavy (non-hydrogen) atoms. The number of ketones is 1. The minimum absolute atomic E-state index is 0.132. The first-order valence-electron chi connectivity index (χ1n) is 9.02. The first kappa shape index (κ1) is 19.8. The van der Waals surface area contributed by atoms with Crippen LogP contribution in [0.5, 0.6) is 11.5 Å². The van der Waals surface area contributed by atoms with E-state index in [0.29, 0.717) is 34.9 Å². The van der Waals surface area contributed by atoms with Gasteiger partial charge >= 0.3 is 0 Å². The summed E-state index contributed by atoms with van der Waals surface area (Å²) in [6.07, 6.45) is 2.44. The molecule has 0 aliphatic heterocycles. The third kappa shape index (κ3) is 4.15. The maximum Gasteiger partial charge on any atom is 0.251 e. The second kappa shape index (κ2) is 8.40. The lowest BCUT2D eigenvalue weighted by Gasteiger charge is -2.12. The number of nitrogens with zero attached hydrogens (tertiary/aromatic N) is 1. The van der Waals surface area contributed by atoms with Gasteiger partial charge in [-0.3, -0.25) is 14.6 Å². The molecule has 5 nitrogen and oxygen atoms in total. The second-order valence-corrected chi connectivity index (χ2v) is 6.90. The number of carbonyl (C=O) groups is 2. The van der Waals surface area contributed by atoms with E-state index in [-0.39, 0.29) is 11.7 Å². The van der Waals surface area contributed by atoms with Crippen molar-refractivity contribution < 1.29 is 14.3 Å². The molecule has 2 aromatic carbocycles. The summed E-state index contributed by atoms with van der Waals surface area (Å²) >= 11 is 6.32. The van der Waals surface area contributed by atoms with Crippen LogP contribution in [0.2, 0.25) is 5.02 Å². The number of amides is 1. The summed E-state index contributed by atoms with van der Waals surface area (Å²) in [6.45, 7) is 3.70. The summed E-state index contributed by atoms with van der Waals surface area (Å²) in [5.41, 5.74) is 2.92. The fraction of sp³-hybridized carbons (Fsp3) is 0.227. The number of aryl methyl sites for hydroxylation is 1. The molecule has 0 fully saturated rings. The predicted octanol–water partition coefficient (Wildman–Crippen LogP) is 4.87. The fourth-order valence-electron chi connectivity index (χ4n) is 2.94. The molecular weight excluding hydrogens is 376 g/mol. The number of nitrogens with one attached hydrogen (secondary N) is 1. The van der Waals surface area contributed by atoms with Crippen LogP contribution in [0.3, 0.4) is 0 Å². The quantitative estimate of drug-likeness (QED) is 0.645. The van der Waals surface area contributed by atoms with E-state index in [1.807, 2.05) is 19.9 Å². The minimum Gasteiger partial charge on any atom is -0.457 e. The Morgan fingerprint density at radius 3 is 2.64 bits per heavy atom. The standard InChI is InChI=1S/C22H21ClN2O3/c1-4-15(26)10-14-5-6-16(11-19(14)23)28-21-7-8-25-20-9-13(2)17(12-18(20)21)22(27)24-3/h5-9,11-12H,4,10H2,1-3H3,(H,24,27). The number of hydrogen-bond donors (Lipinski definition) is 1. The topological polar surface area (TPSA) is 68.3 Å². The number of fused-ring (bicyclic) bond motifs is 1. The maximum atomic E-state index is 12.1. The molecule has 0 atom stereocenters. The second-order valence-electron chi connectivity index (χ2n) is 6.50. The number of ether oxygens (including phenoxy) is 1. The lowest BCUT2D eigenvalue weighted by Crippen LogP contribution is -2.18. The van der Waals surface area contributed by atoms with Gasteiger partial charge < -0.3 is 10.1 Å². The van der Waals surface area contributed by atoms with Gasteiger partial charge in [-0.2, -0.15) is 0 Å². The summed E-state index contributed by atoms with van der Waals surface area (Å²) in [4.78, 5) is 28.2. The van der Waals surface area contributed by atoms with Crippen molar-refractivity contribution in [3.63, 3.8) is 0 Å². The van der Waals surface area contributed by atoms with E-state index in [1.54, 1.807) is 43.6 Å². The van der Waals surface area contributed by atoms with Crippen molar-refractivity contribution in [3.05, 3.63) is 64.3 Å². The first-order chi connectivity index (χ1) is 13.4. The Kier molecular flexibility index (Phi) is 5.95. The van der Waals surface area contributed by atoms with Gasteiger partial charge in [-0.15, -0.1) is 0 Å². The smallest absolute Gasteiger partial charge is 0.251 e. The minimum atomic E-state index is -0.165. The monoisotopic (exact) mass is 396 g/mol. The Balaban J connectivity index is 1.97. The van der Waals surface area contributed by atoms with Crippen LogP contribution in [0.15, 0.2) is 42.6 Å². The van der Waals surface area contributed by atoms with Crippen LogP contribution in [0, 0.1) is 6.92 Å². The van der Waals surface area contributed by atoms with Gasteiger partial charge in [0.2, 0.25) is 0 Å². The zero-order chi connectivity index (χ0) is 20.3. The summed E-state index contributed by atoms with van der Waals surface area (Å²) in [5, 5.41) is 3.86. The number of hydrogen-bond acceptors (Lipinski definition) is 4. The largest absolute Gasteiger partial charge is 0.457 e. The molecular formula is C22H21ClN2O3. The van der Waals surface area contributed by atoms with Gasteiger partial charge in [0.05, 0.1) is 5.52 Å². The molecule has 1 heterocycles. The highest BCUT2D eigenvalue weighted by Crippen LogP contribution is 2.32. The Labute approximate surface area is 168 Å². The Hall–Kier alpha value is -2.92. The van der Waals surface area contributed by atoms with Crippen LogP contribution in [-0.4, -0.2) is 23.7 Å². The van der Waals surface area contributed by atoms with Crippen molar-refractivity contribution in [2.24, 2.45) is 0 Å². The lowest BCUT2D eigenvalue weighted by molar-refractivity contribution is -0.118. The van der Waals surface area contributed by atoms with Gasteiger partial charge in [0.15, 0.2) is 0 Å². The molecule has 0 radical (unpaired) electrons. The number of rotatable bonds is 6. The van der Waals surface area contributed by atoms with Gasteiger partial charge in [0.25, 0.3) is 5.91 Å². The van der Waals surface area contributed by atoms with Crippen molar-refractivity contribution in [1.82, 2.24) is 10.3 Å². The van der Waals surface area contributed by atoms with Crippen molar-refractivity contribution in [2.75, 3.05) is 7.05 Å². The van der Waals surface area contributed by atoms with Gasteiger partial charge in [-0.25, -0.2) is 0 Å². The van der Waals surface area contributed by atoms with E-state index in [1.165, 1.54) is 0 Å². The number of halogens is 1. The molecule has 6 heteroatoms. The van der Waals surface area contributed by atoms with Crippen LogP contribution >= 0.6 is 11.6 Å². The molecule has 0 saturated heterocycles. The number of aromatic nitrogens is 1. The van der Waals surface area contributed by atoms with Crippen LogP contribution in [-0.2, 0) is 11.2 Å². The normalized spacial score (nSPS) is 10.7. The molecule has 3 rings (SSSR count). The first-order valence-corrected chi connectivity index (χ1v) is 9.40. The molecule has 0 spiro atoms.